The second-order valence-corrected chi connectivity index (χ2v) is 14.9. The molecule has 40 heavy (non-hydrogen) atoms. The highest BCUT2D eigenvalue weighted by Crippen LogP contribution is 2.60. The van der Waals surface area contributed by atoms with Crippen LogP contribution in [-0.4, -0.2) is 33.6 Å². The van der Waals surface area contributed by atoms with E-state index in [0.29, 0.717) is 30.6 Å². The molecule has 0 radical (unpaired) electrons. The number of hydrogen-bond acceptors (Lipinski definition) is 4. The van der Waals surface area contributed by atoms with Gasteiger partial charge in [0.25, 0.3) is 0 Å². The topological polar surface area (TPSA) is 60.7 Å². The Balaban J connectivity index is 1.24. The highest BCUT2D eigenvalue weighted by Gasteiger charge is 2.52. The first-order valence-corrected chi connectivity index (χ1v) is 16.9. The van der Waals surface area contributed by atoms with Crippen LogP contribution in [0.4, 0.5) is 0 Å². The summed E-state index contributed by atoms with van der Waals surface area (Å²) in [4.78, 5) is 2.86. The van der Waals surface area contributed by atoms with Crippen LogP contribution in [0.2, 0.25) is 0 Å². The van der Waals surface area contributed by atoms with E-state index < -0.39 is 18.3 Å². The van der Waals surface area contributed by atoms with E-state index in [4.69, 9.17) is 0 Å². The molecule has 0 aliphatic heterocycles. The summed E-state index contributed by atoms with van der Waals surface area (Å²) in [6.07, 6.45) is 21.6. The molecular formula is C36H52O3S. The minimum Gasteiger partial charge on any atom is -0.393 e. The normalized spacial score (nSPS) is 35.4. The predicted octanol–water partition coefficient (Wildman–Crippen LogP) is 8.21. The van der Waals surface area contributed by atoms with Crippen LogP contribution in [0.1, 0.15) is 108 Å². The fourth-order valence-electron chi connectivity index (χ4n) is 8.36. The fourth-order valence-corrected chi connectivity index (χ4v) is 9.69. The lowest BCUT2D eigenvalue weighted by molar-refractivity contribution is 0.0862. The van der Waals surface area contributed by atoms with Gasteiger partial charge >= 0.3 is 0 Å². The van der Waals surface area contributed by atoms with E-state index in [9.17, 15) is 15.3 Å². The van der Waals surface area contributed by atoms with E-state index in [0.717, 1.165) is 30.4 Å². The van der Waals surface area contributed by atoms with Crippen LogP contribution in [0.5, 0.6) is 0 Å². The van der Waals surface area contributed by atoms with Gasteiger partial charge in [-0.3, -0.25) is 0 Å². The van der Waals surface area contributed by atoms with Gasteiger partial charge in [-0.1, -0.05) is 70.1 Å². The molecule has 3 nitrogen and oxygen atoms in total. The summed E-state index contributed by atoms with van der Waals surface area (Å²) in [6, 6.07) is 4.59. The molecule has 5 rings (SSSR count). The highest BCUT2D eigenvalue weighted by molar-refractivity contribution is 7.12. The Labute approximate surface area is 246 Å². The van der Waals surface area contributed by atoms with Crippen LogP contribution in [0, 0.1) is 23.2 Å². The SMILES string of the molecule is C=C1/C(=C\C=C2/CCC[C@]3(C)[C@@H]([C@H](C)/C=C/[C@@H](O)C4(c5ccc(CCCCC)s5)CC4)CC[C@@H]23)C[C@@H](O)C[C@@H]1O. The van der Waals surface area contributed by atoms with Crippen LogP contribution in [0.15, 0.2) is 59.7 Å². The second-order valence-electron chi connectivity index (χ2n) is 13.7. The van der Waals surface area contributed by atoms with Crippen molar-refractivity contribution in [3.8, 4) is 0 Å². The average Bonchev–Trinajstić information content (AvgIpc) is 3.46. The minimum atomic E-state index is -0.633. The molecule has 0 aromatic carbocycles. The molecule has 0 saturated heterocycles. The van der Waals surface area contributed by atoms with E-state index >= 15 is 0 Å². The molecule has 0 amide bonds. The molecule has 220 valence electrons. The van der Waals surface area contributed by atoms with Crippen LogP contribution < -0.4 is 0 Å². The third kappa shape index (κ3) is 6.02. The van der Waals surface area contributed by atoms with Crippen molar-refractivity contribution in [3.63, 3.8) is 0 Å². The molecule has 1 aromatic rings. The summed E-state index contributed by atoms with van der Waals surface area (Å²) >= 11 is 1.93. The van der Waals surface area contributed by atoms with E-state index in [2.05, 4.69) is 63.8 Å². The van der Waals surface area contributed by atoms with Gasteiger partial charge in [0.15, 0.2) is 0 Å². The molecule has 1 heterocycles. The van der Waals surface area contributed by atoms with Crippen LogP contribution in [-0.2, 0) is 11.8 Å². The summed E-state index contributed by atoms with van der Waals surface area (Å²) in [5.41, 5.74) is 3.53. The molecule has 0 bridgehead atoms. The van der Waals surface area contributed by atoms with Crippen molar-refractivity contribution in [2.75, 3.05) is 0 Å². The molecule has 4 heteroatoms. The van der Waals surface area contributed by atoms with E-state index in [1.165, 1.54) is 66.7 Å². The Bertz CT molecular complexity index is 1140. The molecule has 4 fully saturated rings. The van der Waals surface area contributed by atoms with E-state index in [-0.39, 0.29) is 10.8 Å². The van der Waals surface area contributed by atoms with Crippen molar-refractivity contribution in [2.24, 2.45) is 23.2 Å². The summed E-state index contributed by atoms with van der Waals surface area (Å²) in [6.45, 7) is 11.2. The molecule has 4 saturated carbocycles. The Morgan fingerprint density at radius 3 is 2.65 bits per heavy atom. The zero-order chi connectivity index (χ0) is 28.5. The van der Waals surface area contributed by atoms with Gasteiger partial charge in [-0.05, 0) is 111 Å². The quantitative estimate of drug-likeness (QED) is 0.198. The number of unbranched alkanes of at least 4 members (excludes halogenated alkanes) is 2. The van der Waals surface area contributed by atoms with Crippen molar-refractivity contribution in [1.29, 1.82) is 0 Å². The predicted molar refractivity (Wildman–Crippen MR) is 167 cm³/mol. The monoisotopic (exact) mass is 564 g/mol. The van der Waals surface area contributed by atoms with Gasteiger partial charge in [0, 0.05) is 21.6 Å². The molecular weight excluding hydrogens is 512 g/mol. The van der Waals surface area contributed by atoms with Crippen molar-refractivity contribution in [3.05, 3.63) is 69.5 Å². The minimum absolute atomic E-state index is 0.0511. The number of thiophene rings is 1. The number of rotatable bonds is 10. The molecule has 4 aliphatic carbocycles. The van der Waals surface area contributed by atoms with Crippen LogP contribution in [0.3, 0.4) is 0 Å². The lowest BCUT2D eigenvalue weighted by atomic mass is 9.61. The van der Waals surface area contributed by atoms with Gasteiger partial charge in [0.1, 0.15) is 0 Å². The third-order valence-electron chi connectivity index (χ3n) is 11.1. The molecule has 1 aromatic heterocycles. The fraction of sp³-hybridized carbons (Fsp3) is 0.667. The summed E-state index contributed by atoms with van der Waals surface area (Å²) in [7, 11) is 0. The first-order valence-electron chi connectivity index (χ1n) is 16.1. The van der Waals surface area contributed by atoms with Crippen molar-refractivity contribution < 1.29 is 15.3 Å². The standard InChI is InChI=1S/C36H52O3S/c1-5-6-7-10-29-14-18-34(40-29)36(20-21-36)33(39)17-11-24(2)30-15-16-31-26(9-8-19-35(30,31)4)12-13-27-22-28(37)23-32(38)25(27)3/h11-14,17-18,24,28,30-33,37-39H,3,5-10,15-16,19-23H2,1-2,4H3/b17-11+,26-12+,27-13-/t24-,28-,30-,31+,32+,33-,35-/m1/s1. The largest absolute Gasteiger partial charge is 0.393 e. The molecule has 4 aliphatic rings. The lowest BCUT2D eigenvalue weighted by Crippen LogP contribution is -2.35. The molecule has 0 unspecified atom stereocenters. The van der Waals surface area contributed by atoms with Gasteiger partial charge in [0.05, 0.1) is 18.3 Å². The molecule has 3 N–H and O–H groups in total. The first kappa shape index (κ1) is 30.0. The number of fused-ring (bicyclic) bond motifs is 1. The Morgan fingerprint density at radius 2 is 1.90 bits per heavy atom. The number of aliphatic hydroxyl groups is 3. The number of hydrogen-bond donors (Lipinski definition) is 3. The number of aryl methyl sites for hydroxylation is 1. The zero-order valence-corrected chi connectivity index (χ0v) is 25.9. The Kier molecular flexibility index (Phi) is 9.31. The lowest BCUT2D eigenvalue weighted by Gasteiger charge is -2.44. The summed E-state index contributed by atoms with van der Waals surface area (Å²) < 4.78 is 0. The third-order valence-corrected chi connectivity index (χ3v) is 12.4. The molecule has 7 atom stereocenters. The van der Waals surface area contributed by atoms with Crippen molar-refractivity contribution >= 4 is 11.3 Å². The highest BCUT2D eigenvalue weighted by atomic mass is 32.1. The Hall–Kier alpha value is -1.46. The maximum absolute atomic E-state index is 11.4. The smallest absolute Gasteiger partial charge is 0.0825 e. The van der Waals surface area contributed by atoms with Crippen LogP contribution in [0.25, 0.3) is 0 Å². The van der Waals surface area contributed by atoms with E-state index in [1.54, 1.807) is 0 Å². The van der Waals surface area contributed by atoms with Gasteiger partial charge in [-0.2, -0.15) is 0 Å². The first-order chi connectivity index (χ1) is 19.2. The van der Waals surface area contributed by atoms with Gasteiger partial charge in [-0.25, -0.2) is 0 Å². The van der Waals surface area contributed by atoms with Crippen molar-refractivity contribution in [2.45, 2.75) is 128 Å². The number of aliphatic hydroxyl groups excluding tert-OH is 3. The van der Waals surface area contributed by atoms with Gasteiger partial charge < -0.3 is 15.3 Å². The maximum Gasteiger partial charge on any atom is 0.0825 e. The maximum atomic E-state index is 11.4. The average molecular weight is 565 g/mol. The van der Waals surface area contributed by atoms with E-state index in [1.807, 2.05) is 11.3 Å². The van der Waals surface area contributed by atoms with Crippen LogP contribution >= 0.6 is 11.3 Å². The summed E-state index contributed by atoms with van der Waals surface area (Å²) in [5, 5.41) is 31.8. The number of allylic oxidation sites excluding steroid dienone is 4. The van der Waals surface area contributed by atoms with Gasteiger partial charge in [-0.15, -0.1) is 11.3 Å². The Morgan fingerprint density at radius 1 is 1.10 bits per heavy atom. The van der Waals surface area contributed by atoms with Gasteiger partial charge in [0.2, 0.25) is 0 Å². The second kappa shape index (κ2) is 12.4. The van der Waals surface area contributed by atoms with Crippen molar-refractivity contribution in [1.82, 2.24) is 0 Å². The summed E-state index contributed by atoms with van der Waals surface area (Å²) in [5.74, 6) is 1.64. The molecule has 0 spiro atoms. The zero-order valence-electron chi connectivity index (χ0n) is 25.1.